The molecule has 1 saturated carbocycles. The first kappa shape index (κ1) is 12.9. The molecular weight excluding hydrogens is 212 g/mol. The number of piperidine rings is 1. The van der Waals surface area contributed by atoms with Crippen molar-refractivity contribution in [1.82, 2.24) is 10.6 Å². The second-order valence-electron chi connectivity index (χ2n) is 5.73. The maximum atomic E-state index is 11.8. The molecule has 98 valence electrons. The summed E-state index contributed by atoms with van der Waals surface area (Å²) < 4.78 is 0. The molecule has 3 nitrogen and oxygen atoms in total. The third-order valence-electron chi connectivity index (χ3n) is 4.57. The Morgan fingerprint density at radius 1 is 1.29 bits per heavy atom. The zero-order valence-electron chi connectivity index (χ0n) is 11.1. The second kappa shape index (κ2) is 5.85. The Morgan fingerprint density at radius 3 is 2.76 bits per heavy atom. The van der Waals surface area contributed by atoms with E-state index in [4.69, 9.17) is 0 Å². The van der Waals surface area contributed by atoms with Crippen molar-refractivity contribution in [2.24, 2.45) is 5.41 Å². The number of hydrogen-bond acceptors (Lipinski definition) is 2. The van der Waals surface area contributed by atoms with Gasteiger partial charge in [0.25, 0.3) is 0 Å². The average Bonchev–Trinajstić information content (AvgIpc) is 2.34. The summed E-state index contributed by atoms with van der Waals surface area (Å²) in [5.74, 6) is 0.261. The Balaban J connectivity index is 1.98. The first-order valence-electron chi connectivity index (χ1n) is 7.27. The fourth-order valence-corrected chi connectivity index (χ4v) is 3.55. The summed E-state index contributed by atoms with van der Waals surface area (Å²) in [6.07, 6.45) is 9.25. The fourth-order valence-electron chi connectivity index (χ4n) is 3.55. The van der Waals surface area contributed by atoms with Crippen LogP contribution >= 0.6 is 0 Å². The molecule has 0 aromatic carbocycles. The quantitative estimate of drug-likeness (QED) is 0.791. The van der Waals surface area contributed by atoms with Gasteiger partial charge >= 0.3 is 0 Å². The van der Waals surface area contributed by atoms with E-state index in [0.29, 0.717) is 17.9 Å². The lowest BCUT2D eigenvalue weighted by Crippen LogP contribution is -2.53. The third-order valence-corrected chi connectivity index (χ3v) is 4.57. The molecule has 0 radical (unpaired) electrons. The standard InChI is InChI=1S/C14H26N2O/c1-2-5-13(17)16-12-6-3-4-7-14(12)8-10-15-11-9-14/h12,15H,2-11H2,1H3,(H,16,17). The highest BCUT2D eigenvalue weighted by Crippen LogP contribution is 2.43. The fraction of sp³-hybridized carbons (Fsp3) is 0.929. The number of rotatable bonds is 3. The van der Waals surface area contributed by atoms with Crippen LogP contribution in [0, 0.1) is 5.41 Å². The highest BCUT2D eigenvalue weighted by atomic mass is 16.1. The topological polar surface area (TPSA) is 41.1 Å². The zero-order chi connectivity index (χ0) is 12.1. The maximum absolute atomic E-state index is 11.8. The molecule has 1 amide bonds. The van der Waals surface area contributed by atoms with Crippen LogP contribution in [0.25, 0.3) is 0 Å². The minimum Gasteiger partial charge on any atom is -0.353 e. The van der Waals surface area contributed by atoms with Crippen molar-refractivity contribution in [3.05, 3.63) is 0 Å². The summed E-state index contributed by atoms with van der Waals surface area (Å²) in [5.41, 5.74) is 0.410. The molecule has 2 rings (SSSR count). The summed E-state index contributed by atoms with van der Waals surface area (Å²) in [6.45, 7) is 4.32. The van der Waals surface area contributed by atoms with Crippen LogP contribution in [0.1, 0.15) is 58.3 Å². The Labute approximate surface area is 105 Å². The zero-order valence-corrected chi connectivity index (χ0v) is 11.1. The summed E-state index contributed by atoms with van der Waals surface area (Å²) in [5, 5.41) is 6.76. The largest absolute Gasteiger partial charge is 0.353 e. The number of nitrogens with one attached hydrogen (secondary N) is 2. The Bertz CT molecular complexity index is 251. The molecule has 1 aliphatic heterocycles. The highest BCUT2D eigenvalue weighted by molar-refractivity contribution is 5.76. The number of hydrogen-bond donors (Lipinski definition) is 2. The van der Waals surface area contributed by atoms with Crippen LogP contribution in [0.15, 0.2) is 0 Å². The van der Waals surface area contributed by atoms with Gasteiger partial charge in [0.15, 0.2) is 0 Å². The van der Waals surface area contributed by atoms with Gasteiger partial charge in [0, 0.05) is 12.5 Å². The maximum Gasteiger partial charge on any atom is 0.220 e. The van der Waals surface area contributed by atoms with E-state index in [1.165, 1.54) is 38.5 Å². The van der Waals surface area contributed by atoms with Gasteiger partial charge in [-0.25, -0.2) is 0 Å². The normalized spacial score (nSPS) is 27.9. The van der Waals surface area contributed by atoms with Gasteiger partial charge in [-0.1, -0.05) is 19.8 Å². The van der Waals surface area contributed by atoms with Crippen molar-refractivity contribution in [1.29, 1.82) is 0 Å². The van der Waals surface area contributed by atoms with Crippen LogP contribution < -0.4 is 10.6 Å². The summed E-state index contributed by atoms with van der Waals surface area (Å²) in [4.78, 5) is 11.8. The van der Waals surface area contributed by atoms with Gasteiger partial charge in [0.2, 0.25) is 5.91 Å². The molecule has 0 aromatic heterocycles. The van der Waals surface area contributed by atoms with E-state index in [2.05, 4.69) is 17.6 Å². The van der Waals surface area contributed by atoms with Gasteiger partial charge in [0.1, 0.15) is 0 Å². The minimum atomic E-state index is 0.261. The molecule has 1 atom stereocenters. The molecule has 1 saturated heterocycles. The SMILES string of the molecule is CCCC(=O)NC1CCCCC12CCNCC2. The van der Waals surface area contributed by atoms with Crippen molar-refractivity contribution in [2.75, 3.05) is 13.1 Å². The van der Waals surface area contributed by atoms with Gasteiger partial charge < -0.3 is 10.6 Å². The van der Waals surface area contributed by atoms with Gasteiger partial charge in [-0.3, -0.25) is 4.79 Å². The number of amides is 1. The molecule has 2 aliphatic rings. The molecule has 3 heteroatoms. The lowest BCUT2D eigenvalue weighted by Gasteiger charge is -2.47. The third kappa shape index (κ3) is 3.01. The predicted octanol–water partition coefficient (Wildman–Crippen LogP) is 2.22. The van der Waals surface area contributed by atoms with E-state index in [0.717, 1.165) is 19.5 Å². The Morgan fingerprint density at radius 2 is 2.06 bits per heavy atom. The monoisotopic (exact) mass is 238 g/mol. The first-order valence-corrected chi connectivity index (χ1v) is 7.27. The predicted molar refractivity (Wildman–Crippen MR) is 69.8 cm³/mol. The van der Waals surface area contributed by atoms with Gasteiger partial charge in [-0.15, -0.1) is 0 Å². The number of carbonyl (C=O) groups excluding carboxylic acids is 1. The summed E-state index contributed by atoms with van der Waals surface area (Å²) in [7, 11) is 0. The summed E-state index contributed by atoms with van der Waals surface area (Å²) in [6, 6.07) is 0.442. The number of carbonyl (C=O) groups is 1. The molecule has 2 fully saturated rings. The Hall–Kier alpha value is -0.570. The smallest absolute Gasteiger partial charge is 0.220 e. The van der Waals surface area contributed by atoms with Crippen LogP contribution in [0.3, 0.4) is 0 Å². The summed E-state index contributed by atoms with van der Waals surface area (Å²) >= 11 is 0. The molecule has 0 aromatic rings. The molecule has 0 bridgehead atoms. The van der Waals surface area contributed by atoms with Crippen molar-refractivity contribution in [2.45, 2.75) is 64.3 Å². The minimum absolute atomic E-state index is 0.261. The van der Waals surface area contributed by atoms with Crippen LogP contribution in [0.4, 0.5) is 0 Å². The first-order chi connectivity index (χ1) is 8.27. The molecule has 17 heavy (non-hydrogen) atoms. The molecule has 1 heterocycles. The van der Waals surface area contributed by atoms with Gasteiger partial charge in [-0.2, -0.15) is 0 Å². The highest BCUT2D eigenvalue weighted by Gasteiger charge is 2.41. The van der Waals surface area contributed by atoms with E-state index in [9.17, 15) is 4.79 Å². The van der Waals surface area contributed by atoms with Crippen LogP contribution in [-0.4, -0.2) is 25.0 Å². The van der Waals surface area contributed by atoms with Crippen molar-refractivity contribution in [3.63, 3.8) is 0 Å². The van der Waals surface area contributed by atoms with Gasteiger partial charge in [-0.05, 0) is 50.6 Å². The van der Waals surface area contributed by atoms with Crippen LogP contribution in [0.5, 0.6) is 0 Å². The van der Waals surface area contributed by atoms with Crippen molar-refractivity contribution in [3.8, 4) is 0 Å². The lowest BCUT2D eigenvalue weighted by molar-refractivity contribution is -0.123. The Kier molecular flexibility index (Phi) is 4.43. The van der Waals surface area contributed by atoms with E-state index in [1.54, 1.807) is 0 Å². The molecular formula is C14H26N2O. The van der Waals surface area contributed by atoms with E-state index in [-0.39, 0.29) is 5.91 Å². The lowest BCUT2D eigenvalue weighted by atomic mass is 9.65. The van der Waals surface area contributed by atoms with Crippen molar-refractivity contribution < 1.29 is 4.79 Å². The van der Waals surface area contributed by atoms with Gasteiger partial charge in [0.05, 0.1) is 0 Å². The van der Waals surface area contributed by atoms with Crippen molar-refractivity contribution >= 4 is 5.91 Å². The molecule has 1 spiro atoms. The molecule has 2 N–H and O–H groups in total. The van der Waals surface area contributed by atoms with E-state index >= 15 is 0 Å². The average molecular weight is 238 g/mol. The second-order valence-corrected chi connectivity index (χ2v) is 5.73. The molecule has 1 aliphatic carbocycles. The van der Waals surface area contributed by atoms with Crippen LogP contribution in [0.2, 0.25) is 0 Å². The molecule has 1 unspecified atom stereocenters. The van der Waals surface area contributed by atoms with Crippen LogP contribution in [-0.2, 0) is 4.79 Å². The van der Waals surface area contributed by atoms with E-state index in [1.807, 2.05) is 0 Å². The van der Waals surface area contributed by atoms with E-state index < -0.39 is 0 Å².